The maximum absolute atomic E-state index is 11.2. The standard InChI is InChI=1S/C14H22O2/c1-11(2)6-4-7-12-8-5-9-14(3,10-12)13(15)16/h6,8H,4-5,7,9-10H2,1-3H3,(H,15,16). The van der Waals surface area contributed by atoms with Crippen molar-refractivity contribution in [2.45, 2.75) is 52.9 Å². The molecule has 0 aliphatic heterocycles. The van der Waals surface area contributed by atoms with E-state index in [0.29, 0.717) is 0 Å². The number of carbonyl (C=O) groups is 1. The Labute approximate surface area is 98.1 Å². The maximum Gasteiger partial charge on any atom is 0.309 e. The van der Waals surface area contributed by atoms with Crippen molar-refractivity contribution in [2.24, 2.45) is 5.41 Å². The molecule has 0 saturated carbocycles. The zero-order chi connectivity index (χ0) is 12.2. The number of rotatable bonds is 4. The number of aliphatic carboxylic acids is 1. The van der Waals surface area contributed by atoms with E-state index in [2.05, 4.69) is 26.0 Å². The average molecular weight is 222 g/mol. The largest absolute Gasteiger partial charge is 0.481 e. The fourth-order valence-corrected chi connectivity index (χ4v) is 2.18. The van der Waals surface area contributed by atoms with Crippen LogP contribution in [0.5, 0.6) is 0 Å². The number of carboxylic acid groups (broad SMARTS) is 1. The van der Waals surface area contributed by atoms with E-state index in [1.54, 1.807) is 0 Å². The molecule has 90 valence electrons. The predicted octanol–water partition coefficient (Wildman–Crippen LogP) is 3.93. The van der Waals surface area contributed by atoms with Crippen molar-refractivity contribution in [3.8, 4) is 0 Å². The second kappa shape index (κ2) is 5.33. The van der Waals surface area contributed by atoms with Crippen LogP contribution in [0.4, 0.5) is 0 Å². The highest BCUT2D eigenvalue weighted by Crippen LogP contribution is 2.37. The number of carboxylic acids is 1. The van der Waals surface area contributed by atoms with Gasteiger partial charge in [0.15, 0.2) is 0 Å². The van der Waals surface area contributed by atoms with Gasteiger partial charge >= 0.3 is 5.97 Å². The van der Waals surface area contributed by atoms with Crippen molar-refractivity contribution in [3.05, 3.63) is 23.3 Å². The summed E-state index contributed by atoms with van der Waals surface area (Å²) in [4.78, 5) is 11.2. The van der Waals surface area contributed by atoms with Crippen molar-refractivity contribution in [3.63, 3.8) is 0 Å². The molecule has 0 radical (unpaired) electrons. The van der Waals surface area contributed by atoms with Crippen molar-refractivity contribution in [1.82, 2.24) is 0 Å². The summed E-state index contributed by atoms with van der Waals surface area (Å²) in [5, 5.41) is 9.19. The van der Waals surface area contributed by atoms with Gasteiger partial charge in [0.25, 0.3) is 0 Å². The third kappa shape index (κ3) is 3.51. The molecular formula is C14H22O2. The first-order valence-corrected chi connectivity index (χ1v) is 5.99. The quantitative estimate of drug-likeness (QED) is 0.732. The van der Waals surface area contributed by atoms with Crippen LogP contribution in [0.25, 0.3) is 0 Å². The van der Waals surface area contributed by atoms with Crippen LogP contribution in [0.15, 0.2) is 23.3 Å². The van der Waals surface area contributed by atoms with E-state index >= 15 is 0 Å². The summed E-state index contributed by atoms with van der Waals surface area (Å²) >= 11 is 0. The first-order chi connectivity index (χ1) is 7.44. The molecule has 0 amide bonds. The molecule has 0 saturated heterocycles. The van der Waals surface area contributed by atoms with Crippen LogP contribution in [0.2, 0.25) is 0 Å². The second-order valence-corrected chi connectivity index (χ2v) is 5.26. The summed E-state index contributed by atoms with van der Waals surface area (Å²) in [6, 6.07) is 0. The molecule has 2 nitrogen and oxygen atoms in total. The highest BCUT2D eigenvalue weighted by atomic mass is 16.4. The van der Waals surface area contributed by atoms with Gasteiger partial charge in [-0.15, -0.1) is 0 Å². The van der Waals surface area contributed by atoms with Crippen molar-refractivity contribution in [2.75, 3.05) is 0 Å². The first kappa shape index (κ1) is 13.0. The van der Waals surface area contributed by atoms with Crippen molar-refractivity contribution >= 4 is 5.97 Å². The molecule has 1 rings (SSSR count). The van der Waals surface area contributed by atoms with Crippen LogP contribution in [0, 0.1) is 5.41 Å². The van der Waals surface area contributed by atoms with Crippen LogP contribution in [0.1, 0.15) is 52.9 Å². The molecule has 0 aromatic carbocycles. The van der Waals surface area contributed by atoms with E-state index in [-0.39, 0.29) is 0 Å². The van der Waals surface area contributed by atoms with Gasteiger partial charge in [0, 0.05) is 0 Å². The van der Waals surface area contributed by atoms with Gasteiger partial charge in [0.2, 0.25) is 0 Å². The highest BCUT2D eigenvalue weighted by molar-refractivity contribution is 5.74. The maximum atomic E-state index is 11.2. The van der Waals surface area contributed by atoms with Gasteiger partial charge < -0.3 is 5.11 Å². The van der Waals surface area contributed by atoms with Gasteiger partial charge in [-0.2, -0.15) is 0 Å². The van der Waals surface area contributed by atoms with Crippen molar-refractivity contribution < 1.29 is 9.90 Å². The smallest absolute Gasteiger partial charge is 0.309 e. The summed E-state index contributed by atoms with van der Waals surface area (Å²) in [7, 11) is 0. The zero-order valence-electron chi connectivity index (χ0n) is 10.5. The van der Waals surface area contributed by atoms with Crippen LogP contribution in [-0.4, -0.2) is 11.1 Å². The van der Waals surface area contributed by atoms with Gasteiger partial charge in [-0.3, -0.25) is 4.79 Å². The normalized spacial score (nSPS) is 24.8. The Morgan fingerprint density at radius 1 is 1.56 bits per heavy atom. The molecule has 1 N–H and O–H groups in total. The Morgan fingerprint density at radius 3 is 2.81 bits per heavy atom. The number of hydrogen-bond acceptors (Lipinski definition) is 1. The lowest BCUT2D eigenvalue weighted by molar-refractivity contribution is -0.148. The summed E-state index contributed by atoms with van der Waals surface area (Å²) in [6.45, 7) is 6.05. The van der Waals surface area contributed by atoms with Gasteiger partial charge in [-0.1, -0.05) is 23.3 Å². The third-order valence-corrected chi connectivity index (χ3v) is 3.28. The summed E-state index contributed by atoms with van der Waals surface area (Å²) in [6.07, 6.45) is 8.88. The minimum atomic E-state index is -0.652. The Hall–Kier alpha value is -1.05. The molecule has 1 aliphatic carbocycles. The van der Waals surface area contributed by atoms with E-state index in [1.165, 1.54) is 11.1 Å². The molecule has 0 aromatic heterocycles. The molecule has 16 heavy (non-hydrogen) atoms. The summed E-state index contributed by atoms with van der Waals surface area (Å²) < 4.78 is 0. The Morgan fingerprint density at radius 2 is 2.25 bits per heavy atom. The van der Waals surface area contributed by atoms with Crippen LogP contribution in [0.3, 0.4) is 0 Å². The van der Waals surface area contributed by atoms with Gasteiger partial charge in [0.05, 0.1) is 5.41 Å². The molecule has 0 heterocycles. The molecule has 0 bridgehead atoms. The average Bonchev–Trinajstić information content (AvgIpc) is 2.17. The minimum Gasteiger partial charge on any atom is -0.481 e. The Bertz CT molecular complexity index is 322. The zero-order valence-corrected chi connectivity index (χ0v) is 10.5. The first-order valence-electron chi connectivity index (χ1n) is 5.99. The van der Waals surface area contributed by atoms with Crippen LogP contribution < -0.4 is 0 Å². The van der Waals surface area contributed by atoms with Gasteiger partial charge in [-0.05, 0) is 52.9 Å². The van der Waals surface area contributed by atoms with Crippen LogP contribution in [-0.2, 0) is 4.79 Å². The summed E-state index contributed by atoms with van der Waals surface area (Å²) in [5.74, 6) is -0.652. The van der Waals surface area contributed by atoms with E-state index in [0.717, 1.165) is 32.1 Å². The highest BCUT2D eigenvalue weighted by Gasteiger charge is 2.35. The predicted molar refractivity (Wildman–Crippen MR) is 66.3 cm³/mol. The summed E-state index contributed by atoms with van der Waals surface area (Å²) in [5.41, 5.74) is 2.11. The van der Waals surface area contributed by atoms with Gasteiger partial charge in [-0.25, -0.2) is 0 Å². The lowest BCUT2D eigenvalue weighted by Gasteiger charge is -2.29. The van der Waals surface area contributed by atoms with Crippen molar-refractivity contribution in [1.29, 1.82) is 0 Å². The molecule has 0 aromatic rings. The minimum absolute atomic E-state index is 0.533. The topological polar surface area (TPSA) is 37.3 Å². The van der Waals surface area contributed by atoms with Gasteiger partial charge in [0.1, 0.15) is 0 Å². The molecule has 1 atom stereocenters. The molecular weight excluding hydrogens is 200 g/mol. The molecule has 0 fully saturated rings. The van der Waals surface area contributed by atoms with Crippen LogP contribution >= 0.6 is 0 Å². The lowest BCUT2D eigenvalue weighted by Crippen LogP contribution is -2.29. The third-order valence-electron chi connectivity index (χ3n) is 3.28. The number of allylic oxidation sites excluding steroid dienone is 4. The van der Waals surface area contributed by atoms with E-state index in [4.69, 9.17) is 0 Å². The molecule has 1 aliphatic rings. The number of hydrogen-bond donors (Lipinski definition) is 1. The molecule has 1 unspecified atom stereocenters. The SMILES string of the molecule is CC(C)=CCCC1=CCCC(C)(C(=O)O)C1. The lowest BCUT2D eigenvalue weighted by atomic mass is 9.75. The fraction of sp³-hybridized carbons (Fsp3) is 0.643. The van der Waals surface area contributed by atoms with E-state index in [9.17, 15) is 9.90 Å². The Kier molecular flexibility index (Phi) is 4.34. The van der Waals surface area contributed by atoms with E-state index < -0.39 is 11.4 Å². The fourth-order valence-electron chi connectivity index (χ4n) is 2.18. The second-order valence-electron chi connectivity index (χ2n) is 5.26. The molecule has 0 spiro atoms. The Balaban J connectivity index is 2.54. The monoisotopic (exact) mass is 222 g/mol. The van der Waals surface area contributed by atoms with E-state index in [1.807, 2.05) is 6.92 Å². The molecule has 2 heteroatoms.